The predicted molar refractivity (Wildman–Crippen MR) is 70.4 cm³/mol. The second-order valence-corrected chi connectivity index (χ2v) is 4.81. The van der Waals surface area contributed by atoms with Gasteiger partial charge in [0.25, 0.3) is 0 Å². The first-order chi connectivity index (χ1) is 9.22. The summed E-state index contributed by atoms with van der Waals surface area (Å²) in [5.74, 6) is 1.56. The van der Waals surface area contributed by atoms with Crippen molar-refractivity contribution in [2.45, 2.75) is 18.9 Å². The molecule has 2 amide bonds. The summed E-state index contributed by atoms with van der Waals surface area (Å²) >= 11 is 0. The van der Waals surface area contributed by atoms with Crippen LogP contribution < -0.4 is 20.5 Å². The molecule has 0 saturated carbocycles. The van der Waals surface area contributed by atoms with Gasteiger partial charge in [0, 0.05) is 30.9 Å². The number of hydrogen-bond acceptors (Lipinski definition) is 4. The number of carbonyl (C=O) groups excluding carboxylic acids is 1. The number of likely N-dealkylation sites (tertiary alicyclic amines) is 1. The maximum atomic E-state index is 11.0. The molecule has 6 nitrogen and oxygen atoms in total. The fourth-order valence-electron chi connectivity index (χ4n) is 2.47. The Bertz CT molecular complexity index is 484. The quantitative estimate of drug-likeness (QED) is 0.845. The Kier molecular flexibility index (Phi) is 3.06. The van der Waals surface area contributed by atoms with Gasteiger partial charge in [-0.1, -0.05) is 0 Å². The molecule has 0 atom stereocenters. The van der Waals surface area contributed by atoms with Crippen LogP contribution in [0.4, 0.5) is 10.5 Å². The Morgan fingerprint density at radius 3 is 2.74 bits per heavy atom. The number of rotatable bonds is 2. The number of primary amides is 1. The van der Waals surface area contributed by atoms with Crippen LogP contribution in [-0.4, -0.2) is 36.9 Å². The maximum absolute atomic E-state index is 11.0. The van der Waals surface area contributed by atoms with Crippen molar-refractivity contribution in [3.63, 3.8) is 0 Å². The summed E-state index contributed by atoms with van der Waals surface area (Å²) in [7, 11) is 0. The largest absolute Gasteiger partial charge is 0.454 e. The number of fused-ring (bicyclic) bond motifs is 1. The summed E-state index contributed by atoms with van der Waals surface area (Å²) in [4.78, 5) is 12.7. The number of ether oxygens (including phenoxy) is 2. The summed E-state index contributed by atoms with van der Waals surface area (Å²) in [5, 5.41) is 3.46. The number of hydrogen-bond donors (Lipinski definition) is 2. The van der Waals surface area contributed by atoms with Crippen molar-refractivity contribution in [1.29, 1.82) is 0 Å². The summed E-state index contributed by atoms with van der Waals surface area (Å²) in [5.41, 5.74) is 6.28. The summed E-state index contributed by atoms with van der Waals surface area (Å²) in [6, 6.07) is 5.86. The lowest BCUT2D eigenvalue weighted by Gasteiger charge is -2.31. The molecule has 0 bridgehead atoms. The van der Waals surface area contributed by atoms with Crippen LogP contribution in [0.25, 0.3) is 0 Å². The average molecular weight is 263 g/mol. The normalized spacial score (nSPS) is 18.4. The molecule has 1 fully saturated rings. The number of anilines is 1. The summed E-state index contributed by atoms with van der Waals surface area (Å²) in [6.07, 6.45) is 1.80. The van der Waals surface area contributed by atoms with Gasteiger partial charge in [-0.05, 0) is 25.0 Å². The number of nitrogens with two attached hydrogens (primary N) is 1. The number of nitrogens with one attached hydrogen (secondary N) is 1. The Morgan fingerprint density at radius 2 is 2.00 bits per heavy atom. The third-order valence-corrected chi connectivity index (χ3v) is 3.55. The Morgan fingerprint density at radius 1 is 1.26 bits per heavy atom. The third kappa shape index (κ3) is 2.52. The van der Waals surface area contributed by atoms with Gasteiger partial charge in [0.2, 0.25) is 6.79 Å². The fraction of sp³-hybridized carbons (Fsp3) is 0.462. The highest BCUT2D eigenvalue weighted by Crippen LogP contribution is 2.34. The molecule has 0 spiro atoms. The second kappa shape index (κ2) is 4.87. The molecule has 3 N–H and O–H groups in total. The van der Waals surface area contributed by atoms with Gasteiger partial charge in [0.1, 0.15) is 0 Å². The first-order valence-electron chi connectivity index (χ1n) is 6.43. The molecule has 102 valence electrons. The molecular weight excluding hydrogens is 246 g/mol. The number of amides is 2. The van der Waals surface area contributed by atoms with Gasteiger partial charge in [0.15, 0.2) is 11.5 Å². The molecule has 1 aromatic rings. The molecule has 2 aliphatic heterocycles. The molecule has 1 aromatic carbocycles. The number of carbonyl (C=O) groups is 1. The van der Waals surface area contributed by atoms with E-state index in [2.05, 4.69) is 5.32 Å². The first-order valence-corrected chi connectivity index (χ1v) is 6.43. The van der Waals surface area contributed by atoms with Crippen LogP contribution >= 0.6 is 0 Å². The van der Waals surface area contributed by atoms with Gasteiger partial charge in [-0.3, -0.25) is 0 Å². The minimum Gasteiger partial charge on any atom is -0.454 e. The lowest BCUT2D eigenvalue weighted by Crippen LogP contribution is -2.44. The number of urea groups is 1. The summed E-state index contributed by atoms with van der Waals surface area (Å²) in [6.45, 7) is 1.70. The van der Waals surface area contributed by atoms with E-state index in [1.165, 1.54) is 0 Å². The molecule has 19 heavy (non-hydrogen) atoms. The Balaban J connectivity index is 1.59. The van der Waals surface area contributed by atoms with Crippen molar-refractivity contribution in [3.05, 3.63) is 18.2 Å². The second-order valence-electron chi connectivity index (χ2n) is 4.81. The standard InChI is InChI=1S/C13H17N3O3/c14-13(17)16-5-3-9(4-6-16)15-10-1-2-11-12(7-10)19-8-18-11/h1-2,7,9,15H,3-6,8H2,(H2,14,17). The zero-order valence-electron chi connectivity index (χ0n) is 10.6. The molecule has 6 heteroatoms. The number of benzene rings is 1. The minimum absolute atomic E-state index is 0.287. The van der Waals surface area contributed by atoms with E-state index in [1.54, 1.807) is 4.90 Å². The van der Waals surface area contributed by atoms with Gasteiger partial charge in [0.05, 0.1) is 0 Å². The predicted octanol–water partition coefficient (Wildman–Crippen LogP) is 1.37. The third-order valence-electron chi connectivity index (χ3n) is 3.55. The molecule has 0 unspecified atom stereocenters. The Labute approximate surface area is 111 Å². The first kappa shape index (κ1) is 12.0. The minimum atomic E-state index is -0.332. The van der Waals surface area contributed by atoms with Crippen molar-refractivity contribution in [2.24, 2.45) is 5.73 Å². The van der Waals surface area contributed by atoms with Gasteiger partial charge < -0.3 is 25.4 Å². The van der Waals surface area contributed by atoms with Gasteiger partial charge in [-0.2, -0.15) is 0 Å². The van der Waals surface area contributed by atoms with Crippen LogP contribution in [0.3, 0.4) is 0 Å². The van der Waals surface area contributed by atoms with Crippen LogP contribution in [0, 0.1) is 0 Å². The van der Waals surface area contributed by atoms with Crippen molar-refractivity contribution >= 4 is 11.7 Å². The van der Waals surface area contributed by atoms with Gasteiger partial charge in [-0.25, -0.2) is 4.79 Å². The van der Waals surface area contributed by atoms with Crippen LogP contribution in [0.15, 0.2) is 18.2 Å². The highest BCUT2D eigenvalue weighted by Gasteiger charge is 2.21. The lowest BCUT2D eigenvalue weighted by atomic mass is 10.0. The van der Waals surface area contributed by atoms with E-state index in [0.717, 1.165) is 30.0 Å². The lowest BCUT2D eigenvalue weighted by molar-refractivity contribution is 0.174. The van der Waals surface area contributed by atoms with Crippen LogP contribution in [0.5, 0.6) is 11.5 Å². The van der Waals surface area contributed by atoms with Crippen LogP contribution in [0.1, 0.15) is 12.8 Å². The van der Waals surface area contributed by atoms with Crippen molar-refractivity contribution in [3.8, 4) is 11.5 Å². The molecule has 1 saturated heterocycles. The van der Waals surface area contributed by atoms with Gasteiger partial charge in [-0.15, -0.1) is 0 Å². The van der Waals surface area contributed by atoms with E-state index in [4.69, 9.17) is 15.2 Å². The summed E-state index contributed by atoms with van der Waals surface area (Å²) < 4.78 is 10.6. The van der Waals surface area contributed by atoms with E-state index in [1.807, 2.05) is 18.2 Å². The van der Waals surface area contributed by atoms with E-state index in [-0.39, 0.29) is 12.8 Å². The van der Waals surface area contributed by atoms with E-state index in [0.29, 0.717) is 19.1 Å². The van der Waals surface area contributed by atoms with Crippen LogP contribution in [-0.2, 0) is 0 Å². The monoisotopic (exact) mass is 263 g/mol. The molecule has 0 aromatic heterocycles. The van der Waals surface area contributed by atoms with Crippen molar-refractivity contribution in [1.82, 2.24) is 4.90 Å². The average Bonchev–Trinajstić information content (AvgIpc) is 2.87. The zero-order valence-corrected chi connectivity index (χ0v) is 10.6. The molecule has 2 heterocycles. The zero-order chi connectivity index (χ0) is 13.2. The van der Waals surface area contributed by atoms with Crippen molar-refractivity contribution in [2.75, 3.05) is 25.2 Å². The Hall–Kier alpha value is -2.11. The van der Waals surface area contributed by atoms with E-state index >= 15 is 0 Å². The maximum Gasteiger partial charge on any atom is 0.314 e. The van der Waals surface area contributed by atoms with Crippen LogP contribution in [0.2, 0.25) is 0 Å². The van der Waals surface area contributed by atoms with E-state index in [9.17, 15) is 4.79 Å². The smallest absolute Gasteiger partial charge is 0.314 e. The molecule has 3 rings (SSSR count). The highest BCUT2D eigenvalue weighted by atomic mass is 16.7. The fourth-order valence-corrected chi connectivity index (χ4v) is 2.47. The van der Waals surface area contributed by atoms with E-state index < -0.39 is 0 Å². The highest BCUT2D eigenvalue weighted by molar-refractivity contribution is 5.72. The van der Waals surface area contributed by atoms with Crippen molar-refractivity contribution < 1.29 is 14.3 Å². The molecule has 0 radical (unpaired) electrons. The topological polar surface area (TPSA) is 76.8 Å². The number of piperidine rings is 1. The SMILES string of the molecule is NC(=O)N1CCC(Nc2ccc3c(c2)OCO3)CC1. The molecular formula is C13H17N3O3. The number of nitrogens with zero attached hydrogens (tertiary/aromatic N) is 1. The molecule has 0 aliphatic carbocycles. The van der Waals surface area contributed by atoms with Gasteiger partial charge >= 0.3 is 6.03 Å². The molecule has 2 aliphatic rings.